The van der Waals surface area contributed by atoms with Gasteiger partial charge in [0.15, 0.2) is 0 Å². The van der Waals surface area contributed by atoms with E-state index in [2.05, 4.69) is 26.1 Å². The molecule has 0 bridgehead atoms. The number of hydrogen-bond donors (Lipinski definition) is 2. The molecule has 0 aromatic heterocycles. The van der Waals surface area contributed by atoms with Crippen LogP contribution in [0.1, 0.15) is 32.8 Å². The number of nitrogens with zero attached hydrogens (tertiary/aromatic N) is 1. The van der Waals surface area contributed by atoms with Gasteiger partial charge in [0.1, 0.15) is 0 Å². The van der Waals surface area contributed by atoms with Gasteiger partial charge in [0, 0.05) is 25.9 Å². The molecule has 0 fully saturated rings. The number of amides is 2. The van der Waals surface area contributed by atoms with Gasteiger partial charge in [-0.15, -0.1) is 0 Å². The molecule has 0 radical (unpaired) electrons. The summed E-state index contributed by atoms with van der Waals surface area (Å²) < 4.78 is 0. The van der Waals surface area contributed by atoms with Crippen LogP contribution in [-0.2, 0) is 5.41 Å². The Morgan fingerprint density at radius 1 is 1.26 bits per heavy atom. The van der Waals surface area contributed by atoms with Gasteiger partial charge in [-0.1, -0.05) is 32.9 Å². The van der Waals surface area contributed by atoms with Crippen LogP contribution in [0.15, 0.2) is 24.3 Å². The van der Waals surface area contributed by atoms with Crippen molar-refractivity contribution in [2.75, 3.05) is 25.5 Å². The van der Waals surface area contributed by atoms with Gasteiger partial charge in [0.05, 0.1) is 0 Å². The average molecular weight is 264 g/mol. The molecule has 19 heavy (non-hydrogen) atoms. The molecule has 0 aliphatic heterocycles. The zero-order chi connectivity index (χ0) is 14.5. The molecule has 106 valence electrons. The maximum absolute atomic E-state index is 11.8. The van der Waals surface area contributed by atoms with E-state index in [0.717, 1.165) is 5.69 Å². The van der Waals surface area contributed by atoms with E-state index in [1.54, 1.807) is 11.9 Å². The number of aliphatic hydroxyl groups is 1. The first-order chi connectivity index (χ1) is 8.84. The number of hydrogen-bond acceptors (Lipinski definition) is 2. The van der Waals surface area contributed by atoms with Crippen LogP contribution in [0.5, 0.6) is 0 Å². The molecular weight excluding hydrogens is 240 g/mol. The summed E-state index contributed by atoms with van der Waals surface area (Å²) in [6.07, 6.45) is 0.590. The molecule has 1 aromatic carbocycles. The molecule has 0 spiro atoms. The SMILES string of the molecule is CN(CCCO)C(=O)Nc1ccc(C(C)(C)C)cc1. The smallest absolute Gasteiger partial charge is 0.321 e. The number of aliphatic hydroxyl groups excluding tert-OH is 1. The van der Waals surface area contributed by atoms with E-state index in [1.807, 2.05) is 24.3 Å². The fourth-order valence-corrected chi connectivity index (χ4v) is 1.68. The Kier molecular flexibility index (Phi) is 5.36. The minimum Gasteiger partial charge on any atom is -0.396 e. The molecule has 4 heteroatoms. The summed E-state index contributed by atoms with van der Waals surface area (Å²) in [5.74, 6) is 0. The quantitative estimate of drug-likeness (QED) is 0.878. The Morgan fingerprint density at radius 2 is 1.84 bits per heavy atom. The van der Waals surface area contributed by atoms with Crippen molar-refractivity contribution in [3.8, 4) is 0 Å². The van der Waals surface area contributed by atoms with Crippen molar-refractivity contribution in [2.45, 2.75) is 32.6 Å². The molecule has 2 N–H and O–H groups in total. The molecule has 0 unspecified atom stereocenters. The second-order valence-corrected chi connectivity index (χ2v) is 5.76. The largest absolute Gasteiger partial charge is 0.396 e. The molecule has 1 aromatic rings. The number of urea groups is 1. The van der Waals surface area contributed by atoms with Crippen LogP contribution in [-0.4, -0.2) is 36.2 Å². The van der Waals surface area contributed by atoms with Crippen molar-refractivity contribution < 1.29 is 9.90 Å². The molecule has 1 rings (SSSR count). The third kappa shape index (κ3) is 4.91. The van der Waals surface area contributed by atoms with Crippen molar-refractivity contribution in [3.05, 3.63) is 29.8 Å². The van der Waals surface area contributed by atoms with E-state index in [4.69, 9.17) is 5.11 Å². The van der Waals surface area contributed by atoms with E-state index < -0.39 is 0 Å². The van der Waals surface area contributed by atoms with E-state index in [0.29, 0.717) is 13.0 Å². The second-order valence-electron chi connectivity index (χ2n) is 5.76. The molecule has 0 aliphatic rings. The Bertz CT molecular complexity index is 407. The minimum absolute atomic E-state index is 0.0951. The monoisotopic (exact) mass is 264 g/mol. The summed E-state index contributed by atoms with van der Waals surface area (Å²) in [7, 11) is 1.72. The van der Waals surface area contributed by atoms with Crippen molar-refractivity contribution in [1.29, 1.82) is 0 Å². The summed E-state index contributed by atoms with van der Waals surface area (Å²) >= 11 is 0. The van der Waals surface area contributed by atoms with E-state index in [9.17, 15) is 4.79 Å². The molecule has 4 nitrogen and oxygen atoms in total. The zero-order valence-electron chi connectivity index (χ0n) is 12.2. The van der Waals surface area contributed by atoms with Crippen LogP contribution >= 0.6 is 0 Å². The fourth-order valence-electron chi connectivity index (χ4n) is 1.68. The van der Waals surface area contributed by atoms with Crippen LogP contribution in [0, 0.1) is 0 Å². The van der Waals surface area contributed by atoms with E-state index in [-0.39, 0.29) is 18.1 Å². The summed E-state index contributed by atoms with van der Waals surface area (Å²) in [4.78, 5) is 13.4. The van der Waals surface area contributed by atoms with Gasteiger partial charge in [-0.05, 0) is 29.5 Å². The molecule has 0 saturated carbocycles. The minimum atomic E-state index is -0.156. The third-order valence-corrected chi connectivity index (χ3v) is 3.00. The predicted octanol–water partition coefficient (Wildman–Crippen LogP) is 2.83. The highest BCUT2D eigenvalue weighted by Crippen LogP contribution is 2.23. The van der Waals surface area contributed by atoms with Crippen molar-refractivity contribution in [3.63, 3.8) is 0 Å². The second kappa shape index (κ2) is 6.57. The van der Waals surface area contributed by atoms with Gasteiger partial charge in [-0.25, -0.2) is 4.79 Å². The van der Waals surface area contributed by atoms with E-state index >= 15 is 0 Å². The number of anilines is 1. The lowest BCUT2D eigenvalue weighted by Gasteiger charge is -2.20. The van der Waals surface area contributed by atoms with Crippen molar-refractivity contribution >= 4 is 11.7 Å². The topological polar surface area (TPSA) is 52.6 Å². The van der Waals surface area contributed by atoms with Gasteiger partial charge in [0.2, 0.25) is 0 Å². The molecule has 0 heterocycles. The van der Waals surface area contributed by atoms with Gasteiger partial charge in [-0.2, -0.15) is 0 Å². The fraction of sp³-hybridized carbons (Fsp3) is 0.533. The van der Waals surface area contributed by atoms with Gasteiger partial charge in [-0.3, -0.25) is 0 Å². The summed E-state index contributed by atoms with van der Waals surface area (Å²) in [5, 5.41) is 11.6. The Balaban J connectivity index is 2.60. The Morgan fingerprint density at radius 3 is 2.32 bits per heavy atom. The first kappa shape index (κ1) is 15.5. The Hall–Kier alpha value is -1.55. The summed E-state index contributed by atoms with van der Waals surface area (Å²) in [6, 6.07) is 7.74. The van der Waals surface area contributed by atoms with Crippen molar-refractivity contribution in [1.82, 2.24) is 4.90 Å². The highest BCUT2D eigenvalue weighted by atomic mass is 16.3. The van der Waals surface area contributed by atoms with Crippen LogP contribution < -0.4 is 5.32 Å². The predicted molar refractivity (Wildman–Crippen MR) is 78.5 cm³/mol. The number of rotatable bonds is 4. The molecular formula is C15H24N2O2. The zero-order valence-corrected chi connectivity index (χ0v) is 12.2. The van der Waals surface area contributed by atoms with Crippen LogP contribution in [0.25, 0.3) is 0 Å². The van der Waals surface area contributed by atoms with Gasteiger partial charge >= 0.3 is 6.03 Å². The van der Waals surface area contributed by atoms with Crippen molar-refractivity contribution in [2.24, 2.45) is 0 Å². The van der Waals surface area contributed by atoms with Crippen LogP contribution in [0.3, 0.4) is 0 Å². The summed E-state index contributed by atoms with van der Waals surface area (Å²) in [5.41, 5.74) is 2.13. The molecule has 0 aliphatic carbocycles. The van der Waals surface area contributed by atoms with Crippen LogP contribution in [0.2, 0.25) is 0 Å². The van der Waals surface area contributed by atoms with Gasteiger partial charge < -0.3 is 15.3 Å². The summed E-state index contributed by atoms with van der Waals surface area (Å²) in [6.45, 7) is 7.11. The number of nitrogens with one attached hydrogen (secondary N) is 1. The number of carbonyl (C=O) groups is 1. The number of benzene rings is 1. The maximum Gasteiger partial charge on any atom is 0.321 e. The Labute approximate surface area is 115 Å². The lowest BCUT2D eigenvalue weighted by Crippen LogP contribution is -2.32. The van der Waals surface area contributed by atoms with Crippen LogP contribution in [0.4, 0.5) is 10.5 Å². The maximum atomic E-state index is 11.8. The first-order valence-corrected chi connectivity index (χ1v) is 6.58. The molecule has 0 saturated heterocycles. The number of carbonyl (C=O) groups excluding carboxylic acids is 1. The third-order valence-electron chi connectivity index (χ3n) is 3.00. The molecule has 2 amide bonds. The first-order valence-electron chi connectivity index (χ1n) is 6.58. The average Bonchev–Trinajstić information content (AvgIpc) is 2.35. The lowest BCUT2D eigenvalue weighted by molar-refractivity contribution is 0.214. The highest BCUT2D eigenvalue weighted by Gasteiger charge is 2.13. The standard InChI is InChI=1S/C15H24N2O2/c1-15(2,3)12-6-8-13(9-7-12)16-14(19)17(4)10-5-11-18/h6-9,18H,5,10-11H2,1-4H3,(H,16,19). The normalized spacial score (nSPS) is 11.2. The lowest BCUT2D eigenvalue weighted by atomic mass is 9.87. The van der Waals surface area contributed by atoms with Gasteiger partial charge in [0.25, 0.3) is 0 Å². The molecule has 0 atom stereocenters. The van der Waals surface area contributed by atoms with E-state index in [1.165, 1.54) is 5.56 Å². The highest BCUT2D eigenvalue weighted by molar-refractivity contribution is 5.89.